The smallest absolute Gasteiger partial charge is 0.407 e. The SMILES string of the molecule is CC(C)(C)[C@@H](/C=C/c1ccccc1)NC(=O)OCc1ccccc1. The zero-order chi connectivity index (χ0) is 17.4. The van der Waals surface area contributed by atoms with Gasteiger partial charge in [0, 0.05) is 0 Å². The maximum absolute atomic E-state index is 12.1. The number of nitrogens with one attached hydrogen (secondary N) is 1. The number of carbonyl (C=O) groups is 1. The van der Waals surface area contributed by atoms with Crippen molar-refractivity contribution in [3.05, 3.63) is 77.9 Å². The molecule has 1 amide bonds. The Morgan fingerprint density at radius 2 is 1.62 bits per heavy atom. The molecule has 126 valence electrons. The fourth-order valence-electron chi connectivity index (χ4n) is 2.22. The molecule has 0 saturated carbocycles. The Kier molecular flexibility index (Phi) is 6.19. The van der Waals surface area contributed by atoms with Gasteiger partial charge < -0.3 is 10.1 Å². The van der Waals surface area contributed by atoms with Crippen LogP contribution in [0.1, 0.15) is 31.9 Å². The van der Waals surface area contributed by atoms with E-state index in [-0.39, 0.29) is 18.1 Å². The summed E-state index contributed by atoms with van der Waals surface area (Å²) in [6, 6.07) is 19.6. The van der Waals surface area contributed by atoms with Crippen LogP contribution < -0.4 is 5.32 Å². The van der Waals surface area contributed by atoms with Crippen molar-refractivity contribution >= 4 is 12.2 Å². The quantitative estimate of drug-likeness (QED) is 0.837. The Morgan fingerprint density at radius 1 is 1.04 bits per heavy atom. The molecule has 0 aliphatic rings. The Morgan fingerprint density at radius 3 is 2.21 bits per heavy atom. The molecule has 1 atom stereocenters. The maximum atomic E-state index is 12.1. The molecule has 0 bridgehead atoms. The van der Waals surface area contributed by atoms with Crippen LogP contribution in [0.4, 0.5) is 4.79 Å². The molecule has 0 aromatic heterocycles. The molecule has 2 aromatic carbocycles. The average molecular weight is 323 g/mol. The van der Waals surface area contributed by atoms with Crippen LogP contribution >= 0.6 is 0 Å². The van der Waals surface area contributed by atoms with Crippen molar-refractivity contribution in [1.29, 1.82) is 0 Å². The molecule has 24 heavy (non-hydrogen) atoms. The molecular weight excluding hydrogens is 298 g/mol. The van der Waals surface area contributed by atoms with E-state index in [0.717, 1.165) is 11.1 Å². The van der Waals surface area contributed by atoms with Crippen molar-refractivity contribution < 1.29 is 9.53 Å². The number of rotatable bonds is 5. The Bertz CT molecular complexity index is 657. The molecule has 0 aliphatic heterocycles. The first-order valence-electron chi connectivity index (χ1n) is 8.15. The summed E-state index contributed by atoms with van der Waals surface area (Å²) in [4.78, 5) is 12.1. The summed E-state index contributed by atoms with van der Waals surface area (Å²) in [5.74, 6) is 0. The van der Waals surface area contributed by atoms with E-state index in [0.29, 0.717) is 0 Å². The van der Waals surface area contributed by atoms with E-state index in [1.54, 1.807) is 0 Å². The maximum Gasteiger partial charge on any atom is 0.407 e. The molecule has 0 aliphatic carbocycles. The van der Waals surface area contributed by atoms with Crippen LogP contribution in [-0.4, -0.2) is 12.1 Å². The second-order valence-corrected chi connectivity index (χ2v) is 6.82. The molecule has 0 radical (unpaired) electrons. The summed E-state index contributed by atoms with van der Waals surface area (Å²) in [5, 5.41) is 2.95. The molecule has 0 fully saturated rings. The predicted molar refractivity (Wildman–Crippen MR) is 98.5 cm³/mol. The molecule has 0 unspecified atom stereocenters. The normalized spacial score (nSPS) is 12.8. The lowest BCUT2D eigenvalue weighted by Crippen LogP contribution is -2.42. The van der Waals surface area contributed by atoms with Gasteiger partial charge in [-0.3, -0.25) is 0 Å². The van der Waals surface area contributed by atoms with Crippen LogP contribution in [0.25, 0.3) is 6.08 Å². The van der Waals surface area contributed by atoms with Gasteiger partial charge >= 0.3 is 6.09 Å². The van der Waals surface area contributed by atoms with E-state index < -0.39 is 6.09 Å². The van der Waals surface area contributed by atoms with Crippen LogP contribution in [0.5, 0.6) is 0 Å². The van der Waals surface area contributed by atoms with Crippen molar-refractivity contribution in [3.8, 4) is 0 Å². The first kappa shape index (κ1) is 17.8. The van der Waals surface area contributed by atoms with Crippen molar-refractivity contribution in [2.24, 2.45) is 5.41 Å². The topological polar surface area (TPSA) is 38.3 Å². The Labute approximate surface area is 144 Å². The zero-order valence-corrected chi connectivity index (χ0v) is 14.5. The standard InChI is InChI=1S/C21H25NO2/c1-21(2,3)19(15-14-17-10-6-4-7-11-17)22-20(23)24-16-18-12-8-5-9-13-18/h4-15,19H,16H2,1-3H3,(H,22,23)/b15-14+/t19-/m1/s1. The molecular formula is C21H25NO2. The molecule has 0 heterocycles. The number of carbonyl (C=O) groups excluding carboxylic acids is 1. The van der Waals surface area contributed by atoms with Gasteiger partial charge in [0.15, 0.2) is 0 Å². The predicted octanol–water partition coefficient (Wildman–Crippen LogP) is 5.04. The number of benzene rings is 2. The minimum absolute atomic E-state index is 0.114. The lowest BCUT2D eigenvalue weighted by Gasteiger charge is -2.28. The molecule has 2 rings (SSSR count). The van der Waals surface area contributed by atoms with Crippen molar-refractivity contribution in [3.63, 3.8) is 0 Å². The molecule has 3 heteroatoms. The minimum Gasteiger partial charge on any atom is -0.445 e. The first-order chi connectivity index (χ1) is 11.4. The van der Waals surface area contributed by atoms with E-state index in [4.69, 9.17) is 4.74 Å². The number of amides is 1. The van der Waals surface area contributed by atoms with E-state index in [1.165, 1.54) is 0 Å². The summed E-state index contributed by atoms with van der Waals surface area (Å²) >= 11 is 0. The first-order valence-corrected chi connectivity index (χ1v) is 8.15. The van der Waals surface area contributed by atoms with Gasteiger partial charge in [0.05, 0.1) is 6.04 Å². The highest BCUT2D eigenvalue weighted by molar-refractivity contribution is 5.68. The van der Waals surface area contributed by atoms with Crippen LogP contribution in [0.15, 0.2) is 66.7 Å². The van der Waals surface area contributed by atoms with Crippen molar-refractivity contribution in [2.75, 3.05) is 0 Å². The summed E-state index contributed by atoms with van der Waals surface area (Å²) in [7, 11) is 0. The molecule has 1 N–H and O–H groups in total. The van der Waals surface area contributed by atoms with Gasteiger partial charge in [0.25, 0.3) is 0 Å². The van der Waals surface area contributed by atoms with E-state index in [2.05, 4.69) is 26.1 Å². The van der Waals surface area contributed by atoms with Crippen molar-refractivity contribution in [2.45, 2.75) is 33.4 Å². The zero-order valence-electron chi connectivity index (χ0n) is 14.5. The molecule has 3 nitrogen and oxygen atoms in total. The molecule has 0 spiro atoms. The lowest BCUT2D eigenvalue weighted by molar-refractivity contribution is 0.131. The van der Waals surface area contributed by atoms with Gasteiger partial charge in [-0.05, 0) is 16.5 Å². The third-order valence-corrected chi connectivity index (χ3v) is 3.70. The van der Waals surface area contributed by atoms with Gasteiger partial charge in [0.1, 0.15) is 6.61 Å². The van der Waals surface area contributed by atoms with E-state index in [9.17, 15) is 4.79 Å². The van der Waals surface area contributed by atoms with E-state index in [1.807, 2.05) is 72.8 Å². The highest BCUT2D eigenvalue weighted by Crippen LogP contribution is 2.21. The largest absolute Gasteiger partial charge is 0.445 e. The van der Waals surface area contributed by atoms with Gasteiger partial charge in [-0.25, -0.2) is 4.79 Å². The summed E-state index contributed by atoms with van der Waals surface area (Å²) < 4.78 is 5.32. The second-order valence-electron chi connectivity index (χ2n) is 6.82. The van der Waals surface area contributed by atoms with Gasteiger partial charge in [-0.1, -0.05) is 93.6 Å². The Hall–Kier alpha value is -2.55. The van der Waals surface area contributed by atoms with Gasteiger partial charge in [-0.15, -0.1) is 0 Å². The highest BCUT2D eigenvalue weighted by atomic mass is 16.5. The fraction of sp³-hybridized carbons (Fsp3) is 0.286. The summed E-state index contributed by atoms with van der Waals surface area (Å²) in [6.45, 7) is 6.53. The molecule has 2 aromatic rings. The number of alkyl carbamates (subject to hydrolysis) is 1. The van der Waals surface area contributed by atoms with Crippen LogP contribution in [0.2, 0.25) is 0 Å². The number of ether oxygens (including phenoxy) is 1. The minimum atomic E-state index is -0.406. The van der Waals surface area contributed by atoms with Crippen LogP contribution in [0.3, 0.4) is 0 Å². The van der Waals surface area contributed by atoms with E-state index >= 15 is 0 Å². The monoisotopic (exact) mass is 323 g/mol. The lowest BCUT2D eigenvalue weighted by atomic mass is 9.86. The third-order valence-electron chi connectivity index (χ3n) is 3.70. The third kappa shape index (κ3) is 5.92. The fourth-order valence-corrected chi connectivity index (χ4v) is 2.22. The Balaban J connectivity index is 1.96. The summed E-state index contributed by atoms with van der Waals surface area (Å²) in [6.07, 6.45) is 3.63. The second kappa shape index (κ2) is 8.34. The molecule has 0 saturated heterocycles. The van der Waals surface area contributed by atoms with Gasteiger partial charge in [0.2, 0.25) is 0 Å². The van der Waals surface area contributed by atoms with Gasteiger partial charge in [-0.2, -0.15) is 0 Å². The summed E-state index contributed by atoms with van der Waals surface area (Å²) in [5.41, 5.74) is 1.96. The van der Waals surface area contributed by atoms with Crippen LogP contribution in [0, 0.1) is 5.41 Å². The average Bonchev–Trinajstić information content (AvgIpc) is 2.57. The highest BCUT2D eigenvalue weighted by Gasteiger charge is 2.24. The number of hydrogen-bond donors (Lipinski definition) is 1. The van der Waals surface area contributed by atoms with Crippen molar-refractivity contribution in [1.82, 2.24) is 5.32 Å². The van der Waals surface area contributed by atoms with Crippen LogP contribution in [-0.2, 0) is 11.3 Å². The number of hydrogen-bond acceptors (Lipinski definition) is 2.